The highest BCUT2D eigenvalue weighted by Crippen LogP contribution is 2.47. The normalized spacial score (nSPS) is 10.8. The number of ether oxygens (including phenoxy) is 4. The van der Waals surface area contributed by atoms with Gasteiger partial charge in [0.15, 0.2) is 32.3 Å². The Hall–Kier alpha value is -6.76. The number of carbonyl (C=O) groups is 4. The van der Waals surface area contributed by atoms with Crippen LogP contribution < -0.4 is 9.13 Å². The highest BCUT2D eigenvalue weighted by Gasteiger charge is 2.44. The van der Waals surface area contributed by atoms with Crippen LogP contribution in [0, 0.1) is 78.7 Å². The lowest BCUT2D eigenvalue weighted by Crippen LogP contribution is -2.40. The third-order valence-electron chi connectivity index (χ3n) is 12.7. The molecule has 0 saturated carbocycles. The number of imidazole rings is 5. The van der Waals surface area contributed by atoms with Crippen molar-refractivity contribution in [2.75, 3.05) is 40.6 Å². The molecule has 0 atom stereocenters. The van der Waals surface area contributed by atoms with Gasteiger partial charge < -0.3 is 42.1 Å². The van der Waals surface area contributed by atoms with Crippen molar-refractivity contribution < 1.29 is 65.7 Å². The van der Waals surface area contributed by atoms with Gasteiger partial charge in [0, 0.05) is 118 Å². The second kappa shape index (κ2) is 46.4. The Labute approximate surface area is 565 Å². The largest absolute Gasteiger partial charge is 0.492 e. The van der Waals surface area contributed by atoms with Gasteiger partial charge >= 0.3 is 13.0 Å². The van der Waals surface area contributed by atoms with Gasteiger partial charge in [-0.25, -0.2) is 34.1 Å². The summed E-state index contributed by atoms with van der Waals surface area (Å²) < 4.78 is 50.4. The highest BCUT2D eigenvalue weighted by atomic mass is 31.2. The Balaban J connectivity index is -0.00000104. The molecular weight excluding hydrogens is 1280 g/mol. The molecule has 24 nitrogen and oxygen atoms in total. The second-order valence-corrected chi connectivity index (χ2v) is 50.7. The average Bonchev–Trinajstić information content (AvgIpc) is 3.24. The molecule has 0 aliphatic heterocycles. The van der Waals surface area contributed by atoms with E-state index >= 15 is 0 Å². The number of pyridine rings is 1. The van der Waals surface area contributed by atoms with E-state index in [-0.39, 0.29) is 14.9 Å². The predicted octanol–water partition coefficient (Wildman–Crippen LogP) is 12.6. The van der Waals surface area contributed by atoms with Crippen molar-refractivity contribution in [1.82, 2.24) is 44.0 Å². The zero-order chi connectivity index (χ0) is 70.5. The van der Waals surface area contributed by atoms with Gasteiger partial charge in [-0.15, -0.1) is 12.8 Å². The summed E-state index contributed by atoms with van der Waals surface area (Å²) in [5, 5.41) is 0. The van der Waals surface area contributed by atoms with E-state index in [0.717, 1.165) is 119 Å². The molecule has 0 fully saturated rings. The van der Waals surface area contributed by atoms with Crippen LogP contribution in [0.25, 0.3) is 0 Å². The minimum absolute atomic E-state index is 0. The van der Waals surface area contributed by atoms with Gasteiger partial charge in [-0.05, 0) is 88.3 Å². The van der Waals surface area contributed by atoms with E-state index in [0.29, 0.717) is 49.7 Å². The summed E-state index contributed by atoms with van der Waals surface area (Å²) >= 11 is 0. The van der Waals surface area contributed by atoms with Crippen LogP contribution in [0.2, 0.25) is 103 Å². The molecule has 524 valence electrons. The number of carbonyl (C=O) groups excluding carboxylic acids is 4. The molecule has 4 N–H and O–H groups in total. The highest BCUT2D eigenvalue weighted by molar-refractivity contribution is 7.74. The Morgan fingerprint density at radius 1 is 0.670 bits per heavy atom. The third kappa shape index (κ3) is 40.5. The number of aldehydes is 3. The first-order valence-corrected chi connectivity index (χ1v) is 46.4. The molecule has 0 saturated heterocycles. The zero-order valence-electron chi connectivity index (χ0n) is 59.0. The molecule has 6 aromatic heterocycles. The first kappa shape index (κ1) is 91.4. The second-order valence-electron chi connectivity index (χ2n) is 26.0. The molecule has 0 radical (unpaired) electrons. The molecule has 94 heavy (non-hydrogen) atoms. The standard InChI is InChI=1S/2C12H20N2OSi.2C11H20N2O2Si.C7H9N.C5H10N2O4P.C5H6N2O.2CH4/c1-6-12-9-14(11(2)13-12)10-15-7-8-16(3,4)5;1-6-12-9-13-11(2)14(12)10-15-7-8-16(3,4)5;1-10-12-11(8-14)7-13(10)9-15-5-6-16(2,3)4;1-10-12-7-11(8-14)13(10)9-15-5-6-16(2,3)4;1-6-3-4-8-7(2)5-6;1-4(8)5(7-6)12(9,10-2)11-3;1-4-6-2-5(3-8)7-4;;/h2*1,9H,7-8,10H2,2-5H3;2*7-8H,5-6,9H2,1-4H3;3-5H,1-2H3;6H,1-3H3;2-3H,1H3,(H,6,7);2*1H4/q;;;;;+1;;;/p+2. The molecule has 6 aromatic rings. The van der Waals surface area contributed by atoms with Crippen LogP contribution in [0.1, 0.15) is 105 Å². The van der Waals surface area contributed by atoms with Crippen molar-refractivity contribution in [2.45, 2.75) is 200 Å². The van der Waals surface area contributed by atoms with E-state index in [1.807, 2.05) is 77.5 Å². The molecule has 0 aliphatic carbocycles. The van der Waals surface area contributed by atoms with Gasteiger partial charge in [0.25, 0.3) is 17.4 Å². The SMILES string of the molecule is C.C.C#Cc1c[nH]c(C)[n+]1COCC[Si](C)(C)C.C#Cc1cn(COCC[Si](C)(C)C)c(C)n1.COP(=O)(OC)C(=[N+]=N)C(C)=O.Cc1[nH]cc(C=O)[n+]1COCC[Si](C)(C)C.Cc1ccnc(C)c1.Cc1nc(C=O)cn1COCC[Si](C)(C)C.Cc1ncc(C=O)[nH]1. The number of nitrogens with zero attached hydrogens (tertiary/aromatic N) is 9. The van der Waals surface area contributed by atoms with E-state index in [9.17, 15) is 23.7 Å². The van der Waals surface area contributed by atoms with Gasteiger partial charge in [0.05, 0.1) is 22.2 Å². The molecule has 29 heteroatoms. The first-order valence-electron chi connectivity index (χ1n) is 30.1. The molecule has 0 bridgehead atoms. The van der Waals surface area contributed by atoms with Crippen molar-refractivity contribution in [3.63, 3.8) is 0 Å². The molecule has 0 spiro atoms. The number of hydrogen-bond acceptors (Lipinski definition) is 16. The number of nitrogens with one attached hydrogen (secondary N) is 4. The van der Waals surface area contributed by atoms with Crippen molar-refractivity contribution in [2.24, 2.45) is 0 Å². The molecule has 6 heterocycles. The zero-order valence-corrected chi connectivity index (χ0v) is 63.8. The molecule has 6 rings (SSSR count). The maximum Gasteiger partial charge on any atom is 0.492 e. The van der Waals surface area contributed by atoms with Crippen LogP contribution in [0.3, 0.4) is 0 Å². The van der Waals surface area contributed by atoms with E-state index in [1.54, 1.807) is 19.3 Å². The van der Waals surface area contributed by atoms with E-state index in [2.05, 4.69) is 152 Å². The van der Waals surface area contributed by atoms with E-state index < -0.39 is 51.1 Å². The Kier molecular flexibility index (Phi) is 45.1. The van der Waals surface area contributed by atoms with Gasteiger partial charge in [0.2, 0.25) is 11.4 Å². The van der Waals surface area contributed by atoms with E-state index in [4.69, 9.17) is 37.3 Å². The number of ketones is 1. The van der Waals surface area contributed by atoms with Crippen molar-refractivity contribution in [3.8, 4) is 24.7 Å². The van der Waals surface area contributed by atoms with Crippen molar-refractivity contribution >= 4 is 70.0 Å². The maximum atomic E-state index is 11.4. The van der Waals surface area contributed by atoms with Gasteiger partial charge in [0.1, 0.15) is 54.7 Å². The van der Waals surface area contributed by atoms with Crippen LogP contribution in [0.4, 0.5) is 0 Å². The summed E-state index contributed by atoms with van der Waals surface area (Å²) in [7, 11) is -5.42. The van der Waals surface area contributed by atoms with Crippen LogP contribution in [-0.2, 0) is 64.3 Å². The first-order chi connectivity index (χ1) is 42.8. The van der Waals surface area contributed by atoms with Crippen LogP contribution in [0.15, 0.2) is 49.3 Å². The smallest absolute Gasteiger partial charge is 0.361 e. The summed E-state index contributed by atoms with van der Waals surface area (Å²) in [6.07, 6.45) is 23.4. The van der Waals surface area contributed by atoms with Gasteiger partial charge in [-0.2, -0.15) is 4.57 Å². The molecule has 0 aromatic carbocycles. The molecule has 0 aliphatic rings. The van der Waals surface area contributed by atoms with Crippen LogP contribution >= 0.6 is 7.60 Å². The lowest BCUT2D eigenvalue weighted by Gasteiger charge is -2.15. The number of terminal acetylenes is 2. The summed E-state index contributed by atoms with van der Waals surface area (Å²) in [5.41, 5.74) is 11.6. The van der Waals surface area contributed by atoms with Crippen molar-refractivity contribution in [1.29, 1.82) is 5.53 Å². The maximum absolute atomic E-state index is 11.4. The quantitative estimate of drug-likeness (QED) is 0.00429. The summed E-state index contributed by atoms with van der Waals surface area (Å²) in [4.78, 5) is 69.8. The number of rotatable bonds is 27. The fraction of sp³-hybridized carbons (Fsp3) is 0.554. The fourth-order valence-corrected chi connectivity index (χ4v) is 11.0. The number of aromatic amines is 3. The number of hydrogen-bond donors (Lipinski definition) is 4. The molecule has 0 unspecified atom stereocenters. The van der Waals surface area contributed by atoms with E-state index in [1.165, 1.54) is 23.8 Å². The number of H-pyrrole nitrogens is 3. The van der Waals surface area contributed by atoms with Crippen LogP contribution in [-0.4, -0.2) is 152 Å². The predicted molar refractivity (Wildman–Crippen MR) is 385 cm³/mol. The lowest BCUT2D eigenvalue weighted by atomic mass is 10.3. The Bertz CT molecular complexity index is 3340. The average molecular weight is 1400 g/mol. The number of aryl methyl sites for hydroxylation is 7. The minimum Gasteiger partial charge on any atom is -0.361 e. The third-order valence-corrected chi connectivity index (χ3v) is 21.4. The monoisotopic (exact) mass is 1400 g/mol. The van der Waals surface area contributed by atoms with Crippen LogP contribution in [0.5, 0.6) is 0 Å². The topological polar surface area (TPSA) is 295 Å². The van der Waals surface area contributed by atoms with Gasteiger partial charge in [-0.1, -0.05) is 93.4 Å². The Morgan fingerprint density at radius 3 is 1.48 bits per heavy atom. The van der Waals surface area contributed by atoms with Gasteiger partial charge in [-0.3, -0.25) is 24.2 Å². The fourth-order valence-electron chi connectivity index (χ4n) is 6.94. The minimum atomic E-state index is -3.63. The Morgan fingerprint density at radius 2 is 1.14 bits per heavy atom. The summed E-state index contributed by atoms with van der Waals surface area (Å²) in [5.74, 6) is 9.01. The lowest BCUT2D eigenvalue weighted by molar-refractivity contribution is -0.738. The molecular formula is C65H115N13O11PSi4+3. The summed E-state index contributed by atoms with van der Waals surface area (Å²) in [6.45, 7) is 47.9. The summed E-state index contributed by atoms with van der Waals surface area (Å²) in [6, 6.07) is 8.72. The number of aromatic nitrogens is 11. The van der Waals surface area contributed by atoms with Crippen molar-refractivity contribution in [3.05, 3.63) is 118 Å². The molecule has 0 amide bonds. The number of Topliss-reactive ketones (excluding diaryl/α,β-unsaturated/α-hetero) is 1.